The number of hydrogen-bond acceptors (Lipinski definition) is 8. The summed E-state index contributed by atoms with van der Waals surface area (Å²) in [5.41, 5.74) is 2.86. The van der Waals surface area contributed by atoms with Gasteiger partial charge in [-0.1, -0.05) is 36.4 Å². The predicted molar refractivity (Wildman–Crippen MR) is 181 cm³/mol. The largest absolute Gasteiger partial charge is 0.473 e. The first-order valence-electron chi connectivity index (χ1n) is 16.0. The van der Waals surface area contributed by atoms with Crippen LogP contribution >= 0.6 is 0 Å². The standard InChI is InChI=1S/C37H36F2N6O4/c1-40-27-13-12-25(29(38)20-27)23-49-33-11-7-10-30(42-33)24-14-16-44(17-15-24)22-32-43-36-31(45(32)18-19-47-2)21-28(37(46)48-3)35(34(36)39)41-26-8-5-4-6-9-26/h4-13,20-21,24,41H,14-19,22-23H2,2-3H3. The van der Waals surface area contributed by atoms with E-state index in [0.29, 0.717) is 48.2 Å². The number of methoxy groups -OCH3 is 2. The Balaban J connectivity index is 1.18. The van der Waals surface area contributed by atoms with E-state index in [1.165, 1.54) is 13.2 Å². The summed E-state index contributed by atoms with van der Waals surface area (Å²) in [6.45, 7) is 9.86. The van der Waals surface area contributed by atoms with Crippen LogP contribution < -0.4 is 10.1 Å². The van der Waals surface area contributed by atoms with Gasteiger partial charge in [-0.25, -0.2) is 28.4 Å². The van der Waals surface area contributed by atoms with Crippen LogP contribution in [0.4, 0.5) is 25.8 Å². The number of benzene rings is 3. The van der Waals surface area contributed by atoms with Crippen molar-refractivity contribution >= 4 is 34.1 Å². The van der Waals surface area contributed by atoms with E-state index < -0.39 is 17.6 Å². The second-order valence-electron chi connectivity index (χ2n) is 11.8. The van der Waals surface area contributed by atoms with Crippen LogP contribution in [0.1, 0.15) is 46.2 Å². The lowest BCUT2D eigenvalue weighted by molar-refractivity contribution is 0.0601. The summed E-state index contributed by atoms with van der Waals surface area (Å²) in [6.07, 6.45) is 1.68. The highest BCUT2D eigenvalue weighted by Crippen LogP contribution is 2.34. The van der Waals surface area contributed by atoms with Crippen molar-refractivity contribution in [2.24, 2.45) is 0 Å². The van der Waals surface area contributed by atoms with Gasteiger partial charge in [-0.15, -0.1) is 0 Å². The van der Waals surface area contributed by atoms with Crippen molar-refractivity contribution in [1.29, 1.82) is 0 Å². The van der Waals surface area contributed by atoms with E-state index in [0.717, 1.165) is 31.6 Å². The second-order valence-corrected chi connectivity index (χ2v) is 11.8. The molecule has 3 heterocycles. The zero-order valence-electron chi connectivity index (χ0n) is 27.3. The smallest absolute Gasteiger partial charge is 0.340 e. The molecule has 1 saturated heterocycles. The average molecular weight is 667 g/mol. The molecule has 3 aromatic carbocycles. The molecule has 2 aromatic heterocycles. The number of esters is 1. The molecule has 1 fully saturated rings. The lowest BCUT2D eigenvalue weighted by Crippen LogP contribution is -2.33. The number of nitrogens with zero attached hydrogens (tertiary/aromatic N) is 5. The quantitative estimate of drug-likeness (QED) is 0.109. The normalized spacial score (nSPS) is 13.7. The molecule has 0 bridgehead atoms. The Hall–Kier alpha value is -5.38. The summed E-state index contributed by atoms with van der Waals surface area (Å²) >= 11 is 0. The van der Waals surface area contributed by atoms with Crippen LogP contribution in [0.3, 0.4) is 0 Å². The number of hydrogen-bond donors (Lipinski definition) is 1. The Labute approximate surface area is 283 Å². The van der Waals surface area contributed by atoms with Crippen LogP contribution in [0, 0.1) is 18.2 Å². The van der Waals surface area contributed by atoms with Gasteiger partial charge < -0.3 is 24.1 Å². The summed E-state index contributed by atoms with van der Waals surface area (Å²) in [5.74, 6) is -0.489. The number of likely N-dealkylation sites (tertiary alicyclic amines) is 1. The highest BCUT2D eigenvalue weighted by Gasteiger charge is 2.27. The Bertz CT molecular complexity index is 1990. The third kappa shape index (κ3) is 7.53. The van der Waals surface area contributed by atoms with Crippen LogP contribution in [0.25, 0.3) is 15.9 Å². The van der Waals surface area contributed by atoms with Crippen molar-refractivity contribution in [2.75, 3.05) is 39.2 Å². The van der Waals surface area contributed by atoms with Crippen LogP contribution in [0.5, 0.6) is 5.88 Å². The molecular weight excluding hydrogens is 630 g/mol. The molecule has 0 atom stereocenters. The minimum atomic E-state index is -0.659. The first kappa shape index (κ1) is 33.5. The lowest BCUT2D eigenvalue weighted by Gasteiger charge is -2.31. The number of rotatable bonds is 12. The van der Waals surface area contributed by atoms with Crippen molar-refractivity contribution in [3.05, 3.63) is 118 Å². The molecule has 1 aliphatic heterocycles. The fourth-order valence-corrected chi connectivity index (χ4v) is 6.08. The molecule has 0 aliphatic carbocycles. The second kappa shape index (κ2) is 15.2. The highest BCUT2D eigenvalue weighted by atomic mass is 19.1. The van der Waals surface area contributed by atoms with Crippen molar-refractivity contribution in [3.8, 4) is 5.88 Å². The van der Waals surface area contributed by atoms with Crippen molar-refractivity contribution in [1.82, 2.24) is 19.4 Å². The Morgan fingerprint density at radius 2 is 1.82 bits per heavy atom. The molecule has 0 saturated carbocycles. The minimum absolute atomic E-state index is 0.00854. The highest BCUT2D eigenvalue weighted by molar-refractivity contribution is 6.01. The Morgan fingerprint density at radius 3 is 2.53 bits per heavy atom. The van der Waals surface area contributed by atoms with Gasteiger partial charge in [-0.2, -0.15) is 0 Å². The van der Waals surface area contributed by atoms with E-state index in [9.17, 15) is 9.18 Å². The summed E-state index contributed by atoms with van der Waals surface area (Å²) in [5, 5.41) is 3.05. The molecule has 252 valence electrons. The molecule has 5 aromatic rings. The summed E-state index contributed by atoms with van der Waals surface area (Å²) in [7, 11) is 2.87. The van der Waals surface area contributed by atoms with E-state index in [-0.39, 0.29) is 35.0 Å². The molecule has 49 heavy (non-hydrogen) atoms. The van der Waals surface area contributed by atoms with Gasteiger partial charge in [0.1, 0.15) is 23.8 Å². The predicted octanol–water partition coefficient (Wildman–Crippen LogP) is 7.40. The van der Waals surface area contributed by atoms with E-state index in [2.05, 4.69) is 15.1 Å². The van der Waals surface area contributed by atoms with Gasteiger partial charge in [0.2, 0.25) is 5.88 Å². The maximum absolute atomic E-state index is 16.2. The van der Waals surface area contributed by atoms with E-state index >= 15 is 4.39 Å². The topological polar surface area (TPSA) is 95.1 Å². The summed E-state index contributed by atoms with van der Waals surface area (Å²) in [4.78, 5) is 27.9. The van der Waals surface area contributed by atoms with Crippen molar-refractivity contribution < 1.29 is 27.8 Å². The number of carbonyl (C=O) groups is 1. The number of anilines is 2. The number of ether oxygens (including phenoxy) is 3. The number of aromatic nitrogens is 3. The van der Waals surface area contributed by atoms with Gasteiger partial charge in [0.05, 0.1) is 43.6 Å². The molecule has 12 heteroatoms. The van der Waals surface area contributed by atoms with Crippen LogP contribution in [-0.4, -0.2) is 59.3 Å². The first-order chi connectivity index (χ1) is 23.9. The zero-order valence-corrected chi connectivity index (χ0v) is 27.3. The molecule has 0 unspecified atom stereocenters. The van der Waals surface area contributed by atoms with Gasteiger partial charge in [0, 0.05) is 42.6 Å². The van der Waals surface area contributed by atoms with Gasteiger partial charge in [-0.3, -0.25) is 4.90 Å². The SMILES string of the molecule is [C-]#[N+]c1ccc(COc2cccc(C3CCN(Cc4nc5c(F)c(Nc6ccccc6)c(C(=O)OC)cc5n4CCOC)CC3)n2)c(F)c1. The molecule has 0 spiro atoms. The van der Waals surface area contributed by atoms with Crippen molar-refractivity contribution in [3.63, 3.8) is 0 Å². The molecular formula is C37H36F2N6O4. The van der Waals surface area contributed by atoms with E-state index in [1.54, 1.807) is 43.5 Å². The molecule has 1 aliphatic rings. The third-order valence-electron chi connectivity index (χ3n) is 8.69. The summed E-state index contributed by atoms with van der Waals surface area (Å²) < 4.78 is 48.7. The first-order valence-corrected chi connectivity index (χ1v) is 16.0. The van der Waals surface area contributed by atoms with Gasteiger partial charge in [-0.05, 0) is 56.3 Å². The molecule has 0 amide bonds. The molecule has 1 N–H and O–H groups in total. The van der Waals surface area contributed by atoms with Crippen LogP contribution in [-0.2, 0) is 29.2 Å². The van der Waals surface area contributed by atoms with Crippen LogP contribution in [0.2, 0.25) is 0 Å². The minimum Gasteiger partial charge on any atom is -0.473 e. The fourth-order valence-electron chi connectivity index (χ4n) is 6.08. The average Bonchev–Trinajstić information content (AvgIpc) is 3.48. The number of para-hydroxylation sites is 1. The van der Waals surface area contributed by atoms with Gasteiger partial charge in [0.15, 0.2) is 11.5 Å². The zero-order chi connectivity index (χ0) is 34.3. The van der Waals surface area contributed by atoms with E-state index in [4.69, 9.17) is 30.8 Å². The number of imidazole rings is 1. The third-order valence-corrected chi connectivity index (χ3v) is 8.69. The molecule has 0 radical (unpaired) electrons. The summed E-state index contributed by atoms with van der Waals surface area (Å²) in [6, 6.07) is 20.6. The van der Waals surface area contributed by atoms with Gasteiger partial charge >= 0.3 is 5.97 Å². The van der Waals surface area contributed by atoms with E-state index in [1.807, 2.05) is 34.9 Å². The maximum atomic E-state index is 16.2. The number of nitrogens with one attached hydrogen (secondary N) is 1. The maximum Gasteiger partial charge on any atom is 0.340 e. The Morgan fingerprint density at radius 1 is 1.02 bits per heavy atom. The molecule has 6 rings (SSSR count). The number of halogens is 2. The fraction of sp³-hybridized carbons (Fsp3) is 0.297. The number of carbonyl (C=O) groups excluding carboxylic acids is 1. The number of pyridine rings is 1. The Kier molecular flexibility index (Phi) is 10.4. The van der Waals surface area contributed by atoms with Crippen molar-refractivity contribution in [2.45, 2.75) is 38.5 Å². The number of fused-ring (bicyclic) bond motifs is 1. The number of piperidine rings is 1. The molecule has 10 nitrogen and oxygen atoms in total. The van der Waals surface area contributed by atoms with Gasteiger partial charge in [0.25, 0.3) is 0 Å². The monoisotopic (exact) mass is 666 g/mol. The lowest BCUT2D eigenvalue weighted by atomic mass is 9.93. The van der Waals surface area contributed by atoms with Crippen LogP contribution in [0.15, 0.2) is 72.8 Å².